The van der Waals surface area contributed by atoms with Gasteiger partial charge in [-0.3, -0.25) is 0 Å². The third-order valence-electron chi connectivity index (χ3n) is 4.51. The van der Waals surface area contributed by atoms with Crippen molar-refractivity contribution in [1.29, 1.82) is 0 Å². The van der Waals surface area contributed by atoms with Crippen molar-refractivity contribution in [3.8, 4) is 0 Å². The average Bonchev–Trinajstić information content (AvgIpc) is 3.06. The molecule has 0 radical (unpaired) electrons. The maximum absolute atomic E-state index is 12.3. The number of furan rings is 1. The van der Waals surface area contributed by atoms with Gasteiger partial charge in [0.15, 0.2) is 0 Å². The number of urea groups is 1. The first-order chi connectivity index (χ1) is 11.5. The van der Waals surface area contributed by atoms with Crippen molar-refractivity contribution in [2.75, 3.05) is 31.1 Å². The lowest BCUT2D eigenvalue weighted by molar-refractivity contribution is 0.193. The zero-order chi connectivity index (χ0) is 17.1. The minimum absolute atomic E-state index is 0.0246. The molecule has 1 aromatic carbocycles. The van der Waals surface area contributed by atoms with Gasteiger partial charge in [-0.1, -0.05) is 17.7 Å². The van der Waals surface area contributed by atoms with Gasteiger partial charge in [0.1, 0.15) is 5.76 Å². The summed E-state index contributed by atoms with van der Waals surface area (Å²) in [6.45, 7) is 10.1. The molecule has 1 N–H and O–H groups in total. The largest absolute Gasteiger partial charge is 0.467 e. The molecule has 1 aliphatic rings. The Morgan fingerprint density at radius 2 is 1.79 bits per heavy atom. The molecule has 5 heteroatoms. The zero-order valence-electron chi connectivity index (χ0n) is 14.6. The Hall–Kier alpha value is -2.43. The van der Waals surface area contributed by atoms with Gasteiger partial charge < -0.3 is 19.5 Å². The SMILES string of the molecule is Cc1cc(C)c(N2CCN(C(=O)NCc3ccco3)CC2)c(C)c1. The van der Waals surface area contributed by atoms with Crippen LogP contribution in [0.1, 0.15) is 22.5 Å². The van der Waals surface area contributed by atoms with Crippen LogP contribution in [0.15, 0.2) is 34.9 Å². The Morgan fingerprint density at radius 1 is 1.12 bits per heavy atom. The number of amides is 2. The van der Waals surface area contributed by atoms with Gasteiger partial charge in [0.2, 0.25) is 0 Å². The molecule has 1 fully saturated rings. The Labute approximate surface area is 143 Å². The topological polar surface area (TPSA) is 48.7 Å². The molecule has 2 heterocycles. The molecule has 1 aliphatic heterocycles. The van der Waals surface area contributed by atoms with E-state index in [2.05, 4.69) is 43.1 Å². The number of nitrogens with zero attached hydrogens (tertiary/aromatic N) is 2. The first-order valence-corrected chi connectivity index (χ1v) is 8.42. The Kier molecular flexibility index (Phi) is 4.79. The average molecular weight is 327 g/mol. The van der Waals surface area contributed by atoms with Crippen LogP contribution >= 0.6 is 0 Å². The fraction of sp³-hybridized carbons (Fsp3) is 0.421. The van der Waals surface area contributed by atoms with Crippen molar-refractivity contribution in [2.45, 2.75) is 27.3 Å². The van der Waals surface area contributed by atoms with Gasteiger partial charge in [0, 0.05) is 31.9 Å². The third-order valence-corrected chi connectivity index (χ3v) is 4.51. The molecule has 2 amide bonds. The van der Waals surface area contributed by atoms with E-state index < -0.39 is 0 Å². The molecule has 5 nitrogen and oxygen atoms in total. The minimum atomic E-state index is -0.0246. The van der Waals surface area contributed by atoms with Gasteiger partial charge in [0.25, 0.3) is 0 Å². The second-order valence-electron chi connectivity index (χ2n) is 6.46. The number of benzene rings is 1. The molecule has 1 aromatic heterocycles. The van der Waals surface area contributed by atoms with Crippen molar-refractivity contribution in [2.24, 2.45) is 0 Å². The highest BCUT2D eigenvalue weighted by atomic mass is 16.3. The summed E-state index contributed by atoms with van der Waals surface area (Å²) in [7, 11) is 0. The van der Waals surface area contributed by atoms with Gasteiger partial charge >= 0.3 is 6.03 Å². The number of carbonyl (C=O) groups is 1. The number of anilines is 1. The van der Waals surface area contributed by atoms with Crippen LogP contribution in [0.3, 0.4) is 0 Å². The second kappa shape index (κ2) is 6.99. The summed E-state index contributed by atoms with van der Waals surface area (Å²) in [6.07, 6.45) is 1.62. The van der Waals surface area contributed by atoms with Crippen molar-refractivity contribution < 1.29 is 9.21 Å². The van der Waals surface area contributed by atoms with Crippen LogP contribution in [0.25, 0.3) is 0 Å². The number of rotatable bonds is 3. The summed E-state index contributed by atoms with van der Waals surface area (Å²) in [5.41, 5.74) is 5.23. The zero-order valence-corrected chi connectivity index (χ0v) is 14.6. The minimum Gasteiger partial charge on any atom is -0.467 e. The fourth-order valence-corrected chi connectivity index (χ4v) is 3.49. The summed E-state index contributed by atoms with van der Waals surface area (Å²) < 4.78 is 5.24. The lowest BCUT2D eigenvalue weighted by atomic mass is 10.0. The Balaban J connectivity index is 1.57. The van der Waals surface area contributed by atoms with Crippen molar-refractivity contribution in [3.63, 3.8) is 0 Å². The van der Waals surface area contributed by atoms with E-state index >= 15 is 0 Å². The second-order valence-corrected chi connectivity index (χ2v) is 6.46. The monoisotopic (exact) mass is 327 g/mol. The normalized spacial score (nSPS) is 14.8. The molecule has 128 valence electrons. The lowest BCUT2D eigenvalue weighted by Crippen LogP contribution is -2.52. The van der Waals surface area contributed by atoms with E-state index in [1.54, 1.807) is 6.26 Å². The number of aryl methyl sites for hydroxylation is 3. The van der Waals surface area contributed by atoms with Gasteiger partial charge in [-0.25, -0.2) is 4.79 Å². The molecular weight excluding hydrogens is 302 g/mol. The van der Waals surface area contributed by atoms with E-state index in [0.717, 1.165) is 31.9 Å². The molecule has 0 spiro atoms. The lowest BCUT2D eigenvalue weighted by Gasteiger charge is -2.37. The molecule has 0 saturated carbocycles. The van der Waals surface area contributed by atoms with Crippen LogP contribution in [0.4, 0.5) is 10.5 Å². The number of hydrogen-bond acceptors (Lipinski definition) is 3. The van der Waals surface area contributed by atoms with Crippen LogP contribution in [0.5, 0.6) is 0 Å². The van der Waals surface area contributed by atoms with E-state index in [4.69, 9.17) is 4.42 Å². The highest BCUT2D eigenvalue weighted by Crippen LogP contribution is 2.27. The summed E-state index contributed by atoms with van der Waals surface area (Å²) in [5.74, 6) is 0.771. The molecule has 0 bridgehead atoms. The third kappa shape index (κ3) is 3.55. The number of nitrogens with one attached hydrogen (secondary N) is 1. The van der Waals surface area contributed by atoms with Crippen LogP contribution in [0, 0.1) is 20.8 Å². The Morgan fingerprint density at radius 3 is 2.38 bits per heavy atom. The molecule has 2 aromatic rings. The summed E-state index contributed by atoms with van der Waals surface area (Å²) >= 11 is 0. The Bertz CT molecular complexity index is 678. The first kappa shape index (κ1) is 16.4. The molecule has 1 saturated heterocycles. The molecular formula is C19H25N3O2. The van der Waals surface area contributed by atoms with Gasteiger partial charge in [-0.15, -0.1) is 0 Å². The predicted octanol–water partition coefficient (Wildman–Crippen LogP) is 3.24. The maximum atomic E-state index is 12.3. The van der Waals surface area contributed by atoms with Crippen LogP contribution < -0.4 is 10.2 Å². The summed E-state index contributed by atoms with van der Waals surface area (Å²) in [6, 6.07) is 8.12. The van der Waals surface area contributed by atoms with E-state index in [9.17, 15) is 4.79 Å². The highest BCUT2D eigenvalue weighted by molar-refractivity contribution is 5.74. The van der Waals surface area contributed by atoms with Gasteiger partial charge in [-0.2, -0.15) is 0 Å². The summed E-state index contributed by atoms with van der Waals surface area (Å²) in [4.78, 5) is 16.5. The molecule has 0 aliphatic carbocycles. The van der Waals surface area contributed by atoms with Crippen molar-refractivity contribution in [1.82, 2.24) is 10.2 Å². The molecule has 3 rings (SSSR count). The summed E-state index contributed by atoms with van der Waals surface area (Å²) in [5, 5.41) is 2.91. The molecule has 0 atom stereocenters. The van der Waals surface area contributed by atoms with Crippen LogP contribution in [0.2, 0.25) is 0 Å². The van der Waals surface area contributed by atoms with E-state index in [1.165, 1.54) is 22.4 Å². The number of hydrogen-bond donors (Lipinski definition) is 1. The maximum Gasteiger partial charge on any atom is 0.317 e. The van der Waals surface area contributed by atoms with Crippen molar-refractivity contribution >= 4 is 11.7 Å². The van der Waals surface area contributed by atoms with E-state index in [0.29, 0.717) is 6.54 Å². The molecule has 0 unspecified atom stereocenters. The highest BCUT2D eigenvalue weighted by Gasteiger charge is 2.23. The van der Waals surface area contributed by atoms with Crippen molar-refractivity contribution in [3.05, 3.63) is 53.0 Å². The standard InChI is InChI=1S/C19H25N3O2/c1-14-11-15(2)18(16(3)12-14)21-6-8-22(9-7-21)19(23)20-13-17-5-4-10-24-17/h4-5,10-12H,6-9,13H2,1-3H3,(H,20,23). The fourth-order valence-electron chi connectivity index (χ4n) is 3.49. The number of piperazine rings is 1. The van der Waals surface area contributed by atoms with Crippen LogP contribution in [-0.4, -0.2) is 37.1 Å². The predicted molar refractivity (Wildman–Crippen MR) is 95.4 cm³/mol. The quantitative estimate of drug-likeness (QED) is 0.941. The van der Waals surface area contributed by atoms with Gasteiger partial charge in [0.05, 0.1) is 12.8 Å². The molecule has 24 heavy (non-hydrogen) atoms. The van der Waals surface area contributed by atoms with E-state index in [-0.39, 0.29) is 6.03 Å². The van der Waals surface area contributed by atoms with Gasteiger partial charge in [-0.05, 0) is 44.0 Å². The van der Waals surface area contributed by atoms with Crippen LogP contribution in [-0.2, 0) is 6.54 Å². The smallest absolute Gasteiger partial charge is 0.317 e. The number of carbonyl (C=O) groups excluding carboxylic acids is 1. The van der Waals surface area contributed by atoms with E-state index in [1.807, 2.05) is 17.0 Å². The first-order valence-electron chi connectivity index (χ1n) is 8.42.